The molecular weight excluding hydrogens is 770 g/mol. The molecule has 0 amide bonds. The zero-order valence-corrected chi connectivity index (χ0v) is 31.1. The van der Waals surface area contributed by atoms with Crippen molar-refractivity contribution in [2.24, 2.45) is 0 Å². The van der Waals surface area contributed by atoms with E-state index in [1.807, 2.05) is 32.0 Å². The van der Waals surface area contributed by atoms with Crippen molar-refractivity contribution in [1.29, 1.82) is 0 Å². The van der Waals surface area contributed by atoms with Gasteiger partial charge in [0.1, 0.15) is 22.3 Å². The quantitative estimate of drug-likeness (QED) is 0.124. The Morgan fingerprint density at radius 3 is 2.24 bits per heavy atom. The van der Waals surface area contributed by atoms with Crippen LogP contribution in [0.4, 0.5) is 39.4 Å². The summed E-state index contributed by atoms with van der Waals surface area (Å²) in [5.74, 6) is -4.21. The van der Waals surface area contributed by atoms with Gasteiger partial charge in [-0.05, 0) is 42.0 Å². The summed E-state index contributed by atoms with van der Waals surface area (Å²) < 4.78 is 86.6. The van der Waals surface area contributed by atoms with Crippen molar-refractivity contribution in [1.82, 2.24) is 24.8 Å². The number of piperazine rings is 1. The molecule has 12 nitrogen and oxygen atoms in total. The summed E-state index contributed by atoms with van der Waals surface area (Å²) in [6, 6.07) is 15.5. The molecule has 6 rings (SSSR count). The zero-order valence-electron chi connectivity index (χ0n) is 29.5. The summed E-state index contributed by atoms with van der Waals surface area (Å²) in [4.78, 5) is 31.9. The average molecular weight is 806 g/mol. The maximum atomic E-state index is 14.4. The highest BCUT2D eigenvalue weighted by Crippen LogP contribution is 2.39. The van der Waals surface area contributed by atoms with Gasteiger partial charge in [-0.1, -0.05) is 38.1 Å². The van der Waals surface area contributed by atoms with Gasteiger partial charge in [-0.3, -0.25) is 4.90 Å². The number of aromatic nitrogens is 4. The number of carbonyl (C=O) groups is 1. The fraction of sp³-hybridized carbons (Fsp3) is 0.306. The molecule has 0 unspecified atom stereocenters. The Balaban J connectivity index is 0.000000757. The number of halogens is 5. The minimum Gasteiger partial charge on any atom is -0.475 e. The number of β-amino-alcohol motifs (C(OH)–C–C–N with tert-alkyl or cyclic N) is 1. The highest BCUT2D eigenvalue weighted by molar-refractivity contribution is 7.90. The van der Waals surface area contributed by atoms with Gasteiger partial charge in [0.2, 0.25) is 5.95 Å². The van der Waals surface area contributed by atoms with Crippen molar-refractivity contribution >= 4 is 44.6 Å². The third-order valence-corrected chi connectivity index (χ3v) is 11.3. The van der Waals surface area contributed by atoms with Gasteiger partial charge in [0.15, 0.2) is 9.84 Å². The Morgan fingerprint density at radius 2 is 1.64 bits per heavy atom. The van der Waals surface area contributed by atoms with Crippen LogP contribution in [0.15, 0.2) is 78.0 Å². The number of aliphatic hydroxyl groups excluding tert-OH is 1. The second-order valence-electron chi connectivity index (χ2n) is 12.5. The molecule has 19 heteroatoms. The molecule has 3 aromatic heterocycles. The molecule has 1 saturated heterocycles. The molecular formula is C36H36F5N7O5S2. The number of nitrogens with one attached hydrogen (secondary N) is 1. The van der Waals surface area contributed by atoms with Gasteiger partial charge < -0.3 is 20.4 Å². The lowest BCUT2D eigenvalue weighted by molar-refractivity contribution is -0.192. The van der Waals surface area contributed by atoms with E-state index in [0.29, 0.717) is 35.0 Å². The number of carboxylic acid groups (broad SMARTS) is 1. The molecule has 4 heterocycles. The molecule has 0 saturated carbocycles. The number of nitrogens with zero attached hydrogens (tertiary/aromatic N) is 6. The second kappa shape index (κ2) is 17.6. The number of rotatable bonds is 11. The number of hydrogen-bond acceptors (Lipinski definition) is 12. The van der Waals surface area contributed by atoms with Crippen LogP contribution >= 0.6 is 11.3 Å². The largest absolute Gasteiger partial charge is 0.490 e. The minimum atomic E-state index is -5.08. The Labute approximate surface area is 317 Å². The standard InChI is InChI=1S/C34H35F2N7O3S2.C2HF3O2/c1-22(2)33-41-30(24-6-3-5-23(19-24)21-48(45,46)32-26(35)7-4-8-27(32)36)31(47-33)28-11-12-37-34(40-28)39-25-9-10-29(38-20-25)43-15-13-42(14-16-43)17-18-44;3-2(4,5)1(6)7/h3-12,19-20,22,44H,13-18,21H2,1-2H3,(H,37,39,40);(H,6,7). The Morgan fingerprint density at radius 1 is 0.964 bits per heavy atom. The number of thiazole rings is 1. The first kappa shape index (κ1) is 41.1. The third-order valence-electron chi connectivity index (χ3n) is 8.17. The van der Waals surface area contributed by atoms with Crippen molar-refractivity contribution in [3.8, 4) is 21.8 Å². The molecule has 1 fully saturated rings. The van der Waals surface area contributed by atoms with Crippen LogP contribution in [-0.2, 0) is 20.4 Å². The van der Waals surface area contributed by atoms with Crippen LogP contribution in [0.25, 0.3) is 21.8 Å². The number of pyridine rings is 1. The summed E-state index contributed by atoms with van der Waals surface area (Å²) >= 11 is 1.49. The first-order valence-corrected chi connectivity index (χ1v) is 19.2. The van der Waals surface area contributed by atoms with Crippen LogP contribution in [0.3, 0.4) is 0 Å². The Hall–Kier alpha value is -5.11. The molecule has 55 heavy (non-hydrogen) atoms. The molecule has 0 atom stereocenters. The lowest BCUT2D eigenvalue weighted by atomic mass is 10.1. The van der Waals surface area contributed by atoms with Crippen LogP contribution in [0.1, 0.15) is 30.3 Å². The number of anilines is 3. The van der Waals surface area contributed by atoms with Crippen molar-refractivity contribution in [2.75, 3.05) is 49.5 Å². The van der Waals surface area contributed by atoms with Crippen LogP contribution in [0.5, 0.6) is 0 Å². The van der Waals surface area contributed by atoms with Crippen LogP contribution in [0, 0.1) is 11.6 Å². The van der Waals surface area contributed by atoms with Crippen molar-refractivity contribution in [2.45, 2.75) is 36.6 Å². The zero-order chi connectivity index (χ0) is 39.9. The molecule has 0 bridgehead atoms. The average Bonchev–Trinajstić information content (AvgIpc) is 3.59. The van der Waals surface area contributed by atoms with Gasteiger partial charge in [-0.2, -0.15) is 13.2 Å². The van der Waals surface area contributed by atoms with Gasteiger partial charge in [0, 0.05) is 50.4 Å². The number of aliphatic carboxylic acids is 1. The monoisotopic (exact) mass is 805 g/mol. The van der Waals surface area contributed by atoms with Crippen molar-refractivity contribution in [3.63, 3.8) is 0 Å². The van der Waals surface area contributed by atoms with Crippen LogP contribution in [0.2, 0.25) is 0 Å². The van der Waals surface area contributed by atoms with Gasteiger partial charge >= 0.3 is 12.1 Å². The second-order valence-corrected chi connectivity index (χ2v) is 15.5. The highest BCUT2D eigenvalue weighted by atomic mass is 32.2. The smallest absolute Gasteiger partial charge is 0.475 e. The molecule has 0 aliphatic carbocycles. The number of benzene rings is 2. The normalized spacial score (nSPS) is 13.7. The molecule has 2 aromatic carbocycles. The van der Waals surface area contributed by atoms with Gasteiger partial charge in [0.05, 0.1) is 45.5 Å². The number of aliphatic hydroxyl groups is 1. The molecule has 292 valence electrons. The highest BCUT2D eigenvalue weighted by Gasteiger charge is 2.38. The Kier molecular flexibility index (Phi) is 13.1. The van der Waals surface area contributed by atoms with Crippen molar-refractivity contribution in [3.05, 3.63) is 95.3 Å². The molecule has 0 spiro atoms. The lowest BCUT2D eigenvalue weighted by Crippen LogP contribution is -2.47. The van der Waals surface area contributed by atoms with E-state index in [1.54, 1.807) is 36.7 Å². The summed E-state index contributed by atoms with van der Waals surface area (Å²) in [6.07, 6.45) is -1.68. The minimum absolute atomic E-state index is 0.122. The SMILES string of the molecule is CC(C)c1nc(-c2cccc(CS(=O)(=O)c3c(F)cccc3F)c2)c(-c2ccnc(Nc3ccc(N4CCN(CCO)CC4)nc3)n2)s1.O=C(O)C(F)(F)F. The molecule has 1 aliphatic rings. The number of carboxylic acids is 1. The van der Waals surface area contributed by atoms with E-state index in [9.17, 15) is 35.5 Å². The first-order valence-electron chi connectivity index (χ1n) is 16.8. The predicted molar refractivity (Wildman–Crippen MR) is 197 cm³/mol. The number of hydrogen-bond donors (Lipinski definition) is 3. The van der Waals surface area contributed by atoms with E-state index >= 15 is 0 Å². The van der Waals surface area contributed by atoms with E-state index in [2.05, 4.69) is 25.1 Å². The first-order chi connectivity index (χ1) is 26.0. The summed E-state index contributed by atoms with van der Waals surface area (Å²) in [6.45, 7) is 8.34. The number of sulfone groups is 1. The Bertz CT molecular complexity index is 2190. The van der Waals surface area contributed by atoms with Crippen LogP contribution in [-0.4, -0.2) is 94.9 Å². The summed E-state index contributed by atoms with van der Waals surface area (Å²) in [5.41, 5.74) is 2.99. The maximum absolute atomic E-state index is 14.4. The van der Waals surface area contributed by atoms with Gasteiger partial charge in [-0.25, -0.2) is 41.9 Å². The van der Waals surface area contributed by atoms with Gasteiger partial charge in [0.25, 0.3) is 0 Å². The molecule has 1 aliphatic heterocycles. The van der Waals surface area contributed by atoms with E-state index < -0.39 is 44.3 Å². The third kappa shape index (κ3) is 10.6. The molecule has 5 aromatic rings. The predicted octanol–water partition coefficient (Wildman–Crippen LogP) is 6.53. The maximum Gasteiger partial charge on any atom is 0.490 e. The van der Waals surface area contributed by atoms with E-state index in [0.717, 1.165) is 65.8 Å². The summed E-state index contributed by atoms with van der Waals surface area (Å²) in [7, 11) is -4.31. The summed E-state index contributed by atoms with van der Waals surface area (Å²) in [5, 5.41) is 20.4. The van der Waals surface area contributed by atoms with E-state index in [1.165, 1.54) is 11.3 Å². The van der Waals surface area contributed by atoms with Crippen LogP contribution < -0.4 is 10.2 Å². The molecule has 0 radical (unpaired) electrons. The van der Waals surface area contributed by atoms with E-state index in [-0.39, 0.29) is 12.5 Å². The number of alkyl halides is 3. The van der Waals surface area contributed by atoms with E-state index in [4.69, 9.17) is 19.9 Å². The lowest BCUT2D eigenvalue weighted by Gasteiger charge is -2.35. The fourth-order valence-corrected chi connectivity index (χ4v) is 8.05. The van der Waals surface area contributed by atoms with Crippen molar-refractivity contribution < 1.29 is 45.4 Å². The fourth-order valence-electron chi connectivity index (χ4n) is 5.50. The molecule has 3 N–H and O–H groups in total. The topological polar surface area (TPSA) is 162 Å². The van der Waals surface area contributed by atoms with Gasteiger partial charge in [-0.15, -0.1) is 11.3 Å².